The summed E-state index contributed by atoms with van der Waals surface area (Å²) in [7, 11) is 0. The molecule has 0 aliphatic heterocycles. The molecule has 0 aromatic carbocycles. The van der Waals surface area contributed by atoms with Crippen LogP contribution in [0.3, 0.4) is 0 Å². The SMILES string of the molecule is SCCc1ccc(Cl)nc1. The fraction of sp³-hybridized carbons (Fsp3) is 0.286. The minimum Gasteiger partial charge on any atom is -0.244 e. The monoisotopic (exact) mass is 173 g/mol. The van der Waals surface area contributed by atoms with Crippen molar-refractivity contribution in [3.63, 3.8) is 0 Å². The molecule has 1 nitrogen and oxygen atoms in total. The summed E-state index contributed by atoms with van der Waals surface area (Å²) in [5.41, 5.74) is 1.18. The van der Waals surface area contributed by atoms with Crippen molar-refractivity contribution in [1.82, 2.24) is 4.98 Å². The van der Waals surface area contributed by atoms with E-state index in [2.05, 4.69) is 17.6 Å². The van der Waals surface area contributed by atoms with Gasteiger partial charge in [-0.25, -0.2) is 4.98 Å². The summed E-state index contributed by atoms with van der Waals surface area (Å²) >= 11 is 9.68. The molecule has 1 aromatic rings. The van der Waals surface area contributed by atoms with E-state index in [1.807, 2.05) is 6.07 Å². The lowest BCUT2D eigenvalue weighted by molar-refractivity contribution is 1.12. The molecule has 0 radical (unpaired) electrons. The molecule has 0 saturated carbocycles. The second-order valence-corrected chi connectivity index (χ2v) is 2.80. The summed E-state index contributed by atoms with van der Waals surface area (Å²) in [5.74, 6) is 0.851. The minimum absolute atomic E-state index is 0.544. The topological polar surface area (TPSA) is 12.9 Å². The van der Waals surface area contributed by atoms with Crippen LogP contribution in [-0.4, -0.2) is 10.7 Å². The molecule has 0 N–H and O–H groups in total. The van der Waals surface area contributed by atoms with Gasteiger partial charge in [-0.05, 0) is 23.8 Å². The van der Waals surface area contributed by atoms with Gasteiger partial charge in [-0.15, -0.1) is 0 Å². The number of halogens is 1. The van der Waals surface area contributed by atoms with Crippen molar-refractivity contribution < 1.29 is 0 Å². The van der Waals surface area contributed by atoms with Gasteiger partial charge in [0, 0.05) is 6.20 Å². The molecule has 0 amide bonds. The molecule has 1 heterocycles. The predicted octanol–water partition coefficient (Wildman–Crippen LogP) is 2.21. The predicted molar refractivity (Wildman–Crippen MR) is 46.8 cm³/mol. The summed E-state index contributed by atoms with van der Waals surface area (Å²) in [4.78, 5) is 3.93. The van der Waals surface area contributed by atoms with Crippen molar-refractivity contribution >= 4 is 24.2 Å². The maximum atomic E-state index is 5.58. The molecule has 0 fully saturated rings. The standard InChI is InChI=1S/C7H8ClNS/c8-7-2-1-6(3-4-10)5-9-7/h1-2,5,10H,3-4H2. The Morgan fingerprint density at radius 3 is 2.80 bits per heavy atom. The van der Waals surface area contributed by atoms with E-state index < -0.39 is 0 Å². The summed E-state index contributed by atoms with van der Waals surface area (Å²) in [6.45, 7) is 0. The lowest BCUT2D eigenvalue weighted by Gasteiger charge is -1.95. The minimum atomic E-state index is 0.544. The molecule has 0 unspecified atom stereocenters. The van der Waals surface area contributed by atoms with Gasteiger partial charge in [-0.2, -0.15) is 12.6 Å². The van der Waals surface area contributed by atoms with Crippen LogP contribution in [0.2, 0.25) is 5.15 Å². The molecular formula is C7H8ClNS. The zero-order valence-electron chi connectivity index (χ0n) is 5.42. The zero-order chi connectivity index (χ0) is 7.40. The first kappa shape index (κ1) is 7.89. The molecule has 0 saturated heterocycles. The van der Waals surface area contributed by atoms with Crippen LogP contribution in [0.15, 0.2) is 18.3 Å². The van der Waals surface area contributed by atoms with Crippen LogP contribution in [0.1, 0.15) is 5.56 Å². The van der Waals surface area contributed by atoms with Crippen LogP contribution < -0.4 is 0 Å². The number of rotatable bonds is 2. The van der Waals surface area contributed by atoms with Crippen molar-refractivity contribution in [1.29, 1.82) is 0 Å². The molecule has 0 atom stereocenters. The molecular weight excluding hydrogens is 166 g/mol. The number of aryl methyl sites for hydroxylation is 1. The van der Waals surface area contributed by atoms with Gasteiger partial charge in [0.15, 0.2) is 0 Å². The van der Waals surface area contributed by atoms with Gasteiger partial charge >= 0.3 is 0 Å². The number of hydrogen-bond donors (Lipinski definition) is 1. The average Bonchev–Trinajstić information content (AvgIpc) is 1.95. The van der Waals surface area contributed by atoms with E-state index in [1.54, 1.807) is 12.3 Å². The van der Waals surface area contributed by atoms with Crippen molar-refractivity contribution in [2.75, 3.05) is 5.75 Å². The first-order valence-electron chi connectivity index (χ1n) is 3.04. The highest BCUT2D eigenvalue weighted by Crippen LogP contribution is 2.05. The largest absolute Gasteiger partial charge is 0.244 e. The van der Waals surface area contributed by atoms with Gasteiger partial charge in [0.2, 0.25) is 0 Å². The lowest BCUT2D eigenvalue weighted by atomic mass is 10.2. The highest BCUT2D eigenvalue weighted by atomic mass is 35.5. The molecule has 54 valence electrons. The quantitative estimate of drug-likeness (QED) is 0.535. The zero-order valence-corrected chi connectivity index (χ0v) is 7.07. The highest BCUT2D eigenvalue weighted by molar-refractivity contribution is 7.80. The van der Waals surface area contributed by atoms with E-state index >= 15 is 0 Å². The first-order valence-corrected chi connectivity index (χ1v) is 4.05. The van der Waals surface area contributed by atoms with E-state index in [4.69, 9.17) is 11.6 Å². The third kappa shape index (κ3) is 2.20. The van der Waals surface area contributed by atoms with Crippen LogP contribution in [0.5, 0.6) is 0 Å². The van der Waals surface area contributed by atoms with Crippen LogP contribution in [0.25, 0.3) is 0 Å². The average molecular weight is 174 g/mol. The Kier molecular flexibility index (Phi) is 3.03. The second-order valence-electron chi connectivity index (χ2n) is 1.96. The third-order valence-corrected chi connectivity index (χ3v) is 1.64. The molecule has 0 bridgehead atoms. The Labute approximate surface area is 70.8 Å². The molecule has 0 aliphatic rings. The number of pyridine rings is 1. The van der Waals surface area contributed by atoms with Crippen LogP contribution in [0, 0.1) is 0 Å². The van der Waals surface area contributed by atoms with E-state index in [0.717, 1.165) is 12.2 Å². The Bertz CT molecular complexity index is 197. The molecule has 3 heteroatoms. The number of thiol groups is 1. The lowest BCUT2D eigenvalue weighted by Crippen LogP contribution is -1.86. The molecule has 0 aliphatic carbocycles. The van der Waals surface area contributed by atoms with E-state index in [9.17, 15) is 0 Å². The van der Waals surface area contributed by atoms with Gasteiger partial charge < -0.3 is 0 Å². The van der Waals surface area contributed by atoms with Crippen LogP contribution >= 0.6 is 24.2 Å². The maximum absolute atomic E-state index is 5.58. The molecule has 10 heavy (non-hydrogen) atoms. The molecule has 0 spiro atoms. The first-order chi connectivity index (χ1) is 4.83. The Morgan fingerprint density at radius 2 is 2.30 bits per heavy atom. The summed E-state index contributed by atoms with van der Waals surface area (Å²) < 4.78 is 0. The summed E-state index contributed by atoms with van der Waals surface area (Å²) in [5, 5.41) is 0.544. The maximum Gasteiger partial charge on any atom is 0.129 e. The van der Waals surface area contributed by atoms with Gasteiger partial charge in [0.1, 0.15) is 5.15 Å². The van der Waals surface area contributed by atoms with Crippen molar-refractivity contribution in [2.45, 2.75) is 6.42 Å². The van der Waals surface area contributed by atoms with Crippen LogP contribution in [0.4, 0.5) is 0 Å². The van der Waals surface area contributed by atoms with Gasteiger partial charge in [-0.1, -0.05) is 17.7 Å². The number of nitrogens with zero attached hydrogens (tertiary/aromatic N) is 1. The Morgan fingerprint density at radius 1 is 1.50 bits per heavy atom. The fourth-order valence-corrected chi connectivity index (χ4v) is 1.05. The van der Waals surface area contributed by atoms with Gasteiger partial charge in [0.05, 0.1) is 0 Å². The Balaban J connectivity index is 2.69. The number of aromatic nitrogens is 1. The van der Waals surface area contributed by atoms with Crippen LogP contribution in [-0.2, 0) is 6.42 Å². The van der Waals surface area contributed by atoms with Crippen molar-refractivity contribution in [3.8, 4) is 0 Å². The highest BCUT2D eigenvalue weighted by Gasteiger charge is 1.90. The smallest absolute Gasteiger partial charge is 0.129 e. The molecule has 1 aromatic heterocycles. The van der Waals surface area contributed by atoms with Crippen molar-refractivity contribution in [3.05, 3.63) is 29.0 Å². The number of hydrogen-bond acceptors (Lipinski definition) is 2. The second kappa shape index (κ2) is 3.84. The summed E-state index contributed by atoms with van der Waals surface area (Å²) in [6.07, 6.45) is 2.73. The van der Waals surface area contributed by atoms with Gasteiger partial charge in [0.25, 0.3) is 0 Å². The van der Waals surface area contributed by atoms with E-state index in [0.29, 0.717) is 5.15 Å². The summed E-state index contributed by atoms with van der Waals surface area (Å²) in [6, 6.07) is 3.76. The van der Waals surface area contributed by atoms with E-state index in [1.165, 1.54) is 5.56 Å². The third-order valence-electron chi connectivity index (χ3n) is 1.19. The molecule has 1 rings (SSSR count). The van der Waals surface area contributed by atoms with Crippen molar-refractivity contribution in [2.24, 2.45) is 0 Å². The normalized spacial score (nSPS) is 9.80. The van der Waals surface area contributed by atoms with E-state index in [-0.39, 0.29) is 0 Å². The van der Waals surface area contributed by atoms with Gasteiger partial charge in [-0.3, -0.25) is 0 Å². The Hall–Kier alpha value is -0.210. The fourth-order valence-electron chi connectivity index (χ4n) is 0.683.